The number of carbonyl (C=O) groups is 1. The number of benzene rings is 1. The minimum absolute atomic E-state index is 0. The number of hydrogen-bond donors (Lipinski definition) is 2. The fourth-order valence-corrected chi connectivity index (χ4v) is 3.36. The van der Waals surface area contributed by atoms with Gasteiger partial charge in [-0.3, -0.25) is 4.79 Å². The Labute approximate surface area is 174 Å². The van der Waals surface area contributed by atoms with E-state index in [2.05, 4.69) is 15.6 Å². The number of nitrogens with one attached hydrogen (secondary N) is 2. The van der Waals surface area contributed by atoms with E-state index in [0.29, 0.717) is 22.4 Å². The molecule has 1 aliphatic heterocycles. The van der Waals surface area contributed by atoms with E-state index in [1.165, 1.54) is 11.8 Å². The topological polar surface area (TPSA) is 67.2 Å². The van der Waals surface area contributed by atoms with Crippen molar-refractivity contribution in [3.63, 3.8) is 0 Å². The number of rotatable bonds is 6. The maximum Gasteiger partial charge on any atom is 0.233 e. The molecule has 1 aliphatic rings. The molecule has 5 nitrogen and oxygen atoms in total. The van der Waals surface area contributed by atoms with E-state index in [1.807, 2.05) is 31.2 Å². The van der Waals surface area contributed by atoms with Crippen molar-refractivity contribution in [1.82, 2.24) is 15.6 Å². The first-order chi connectivity index (χ1) is 11.6. The molecule has 1 amide bonds. The molecule has 144 valence electrons. The quantitative estimate of drug-likeness (QED) is 0.715. The van der Waals surface area contributed by atoms with Crippen molar-refractivity contribution in [2.75, 3.05) is 13.1 Å². The molecule has 0 aliphatic carbocycles. The van der Waals surface area contributed by atoms with Gasteiger partial charge in [0.2, 0.25) is 11.8 Å². The Bertz CT molecular complexity index is 691. The van der Waals surface area contributed by atoms with Crippen LogP contribution in [0.2, 0.25) is 5.02 Å². The number of oxazole rings is 1. The van der Waals surface area contributed by atoms with Crippen LogP contribution in [0.1, 0.15) is 19.2 Å². The molecule has 2 heterocycles. The summed E-state index contributed by atoms with van der Waals surface area (Å²) in [5.41, 5.74) is 0.933. The number of aromatic nitrogens is 1. The molecule has 0 spiro atoms. The average Bonchev–Trinajstić information content (AvgIpc) is 3.25. The predicted molar refractivity (Wildman–Crippen MR) is 112 cm³/mol. The highest BCUT2D eigenvalue weighted by atomic mass is 35.5. The second-order valence-electron chi connectivity index (χ2n) is 5.78. The molecule has 2 atom stereocenters. The van der Waals surface area contributed by atoms with Gasteiger partial charge in [-0.15, -0.1) is 36.6 Å². The van der Waals surface area contributed by atoms with Crippen molar-refractivity contribution in [2.24, 2.45) is 0 Å². The minimum atomic E-state index is -0.142. The second kappa shape index (κ2) is 11.0. The molecule has 2 unspecified atom stereocenters. The summed E-state index contributed by atoms with van der Waals surface area (Å²) in [7, 11) is 0. The number of amides is 1. The largest absolute Gasteiger partial charge is 0.440 e. The molecular weight excluding hydrogens is 417 g/mol. The van der Waals surface area contributed by atoms with Crippen molar-refractivity contribution < 1.29 is 9.21 Å². The highest BCUT2D eigenvalue weighted by Gasteiger charge is 2.21. The van der Waals surface area contributed by atoms with E-state index in [4.69, 9.17) is 16.0 Å². The van der Waals surface area contributed by atoms with Crippen molar-refractivity contribution in [3.8, 4) is 11.3 Å². The van der Waals surface area contributed by atoms with Gasteiger partial charge < -0.3 is 15.1 Å². The zero-order chi connectivity index (χ0) is 16.9. The van der Waals surface area contributed by atoms with Crippen LogP contribution in [0.15, 0.2) is 34.9 Å². The molecule has 9 heteroatoms. The van der Waals surface area contributed by atoms with Crippen molar-refractivity contribution >= 4 is 54.1 Å². The third-order valence-electron chi connectivity index (χ3n) is 3.92. The number of carbonyl (C=O) groups excluding carboxylic acids is 1. The Balaban J connectivity index is 0.00000169. The van der Waals surface area contributed by atoms with E-state index in [-0.39, 0.29) is 42.0 Å². The van der Waals surface area contributed by atoms with Crippen LogP contribution in [0, 0.1) is 0 Å². The van der Waals surface area contributed by atoms with E-state index >= 15 is 0 Å². The lowest BCUT2D eigenvalue weighted by Crippen LogP contribution is -2.40. The fraction of sp³-hybridized carbons (Fsp3) is 0.412. The van der Waals surface area contributed by atoms with Gasteiger partial charge >= 0.3 is 0 Å². The standard InChI is InChI=1S/C17H20ClN3O2S.2ClH/c1-11(17(22)21-14-6-7-19-8-14)24-10-16-20-9-15(23-16)12-2-4-13(18)5-3-12;;/h2-5,9,11,14,19H,6-8,10H2,1H3,(H,21,22);2*1H. The zero-order valence-corrected chi connectivity index (χ0v) is 17.4. The van der Waals surface area contributed by atoms with Gasteiger partial charge in [0.15, 0.2) is 5.76 Å². The highest BCUT2D eigenvalue weighted by molar-refractivity contribution is 7.99. The molecule has 1 aromatic heterocycles. The van der Waals surface area contributed by atoms with Gasteiger partial charge in [-0.25, -0.2) is 4.98 Å². The highest BCUT2D eigenvalue weighted by Crippen LogP contribution is 2.25. The predicted octanol–water partition coefficient (Wildman–Crippen LogP) is 3.94. The lowest BCUT2D eigenvalue weighted by molar-refractivity contribution is -0.120. The average molecular weight is 439 g/mol. The molecule has 0 radical (unpaired) electrons. The Morgan fingerprint density at radius 3 is 2.81 bits per heavy atom. The molecule has 2 aromatic rings. The molecule has 26 heavy (non-hydrogen) atoms. The Morgan fingerprint density at radius 1 is 1.42 bits per heavy atom. The SMILES string of the molecule is CC(SCc1ncc(-c2ccc(Cl)cc2)o1)C(=O)NC1CCNC1.Cl.Cl. The summed E-state index contributed by atoms with van der Waals surface area (Å²) in [6.07, 6.45) is 2.70. The summed E-state index contributed by atoms with van der Waals surface area (Å²) < 4.78 is 5.76. The Morgan fingerprint density at radius 2 is 2.15 bits per heavy atom. The monoisotopic (exact) mass is 437 g/mol. The molecule has 1 saturated heterocycles. The first kappa shape index (κ1) is 23.1. The summed E-state index contributed by atoms with van der Waals surface area (Å²) in [5, 5.41) is 6.85. The maximum absolute atomic E-state index is 12.2. The van der Waals surface area contributed by atoms with Crippen molar-refractivity contribution in [2.45, 2.75) is 30.4 Å². The van der Waals surface area contributed by atoms with Crippen LogP contribution in [0.25, 0.3) is 11.3 Å². The number of nitrogens with zero attached hydrogens (tertiary/aromatic N) is 1. The maximum atomic E-state index is 12.2. The number of halogens is 3. The van der Waals surface area contributed by atoms with Crippen molar-refractivity contribution in [3.05, 3.63) is 41.4 Å². The fourth-order valence-electron chi connectivity index (χ4n) is 2.49. The molecule has 0 bridgehead atoms. The van der Waals surface area contributed by atoms with Gasteiger partial charge in [-0.1, -0.05) is 11.6 Å². The van der Waals surface area contributed by atoms with Gasteiger partial charge in [-0.05, 0) is 44.2 Å². The molecule has 0 saturated carbocycles. The van der Waals surface area contributed by atoms with Crippen LogP contribution in [-0.2, 0) is 10.5 Å². The van der Waals surface area contributed by atoms with Crippen LogP contribution < -0.4 is 10.6 Å². The van der Waals surface area contributed by atoms with Crippen LogP contribution in [0.3, 0.4) is 0 Å². The smallest absolute Gasteiger partial charge is 0.233 e. The Kier molecular flexibility index (Phi) is 9.82. The summed E-state index contributed by atoms with van der Waals surface area (Å²) in [6.45, 7) is 3.73. The molecule has 1 fully saturated rings. The van der Waals surface area contributed by atoms with Crippen LogP contribution in [0.4, 0.5) is 0 Å². The molecule has 1 aromatic carbocycles. The first-order valence-electron chi connectivity index (χ1n) is 7.95. The molecule has 2 N–H and O–H groups in total. The second-order valence-corrected chi connectivity index (χ2v) is 7.54. The van der Waals surface area contributed by atoms with Gasteiger partial charge in [0, 0.05) is 23.2 Å². The molecular formula is C17H22Cl3N3O2S. The van der Waals surface area contributed by atoms with E-state index in [1.54, 1.807) is 6.20 Å². The van der Waals surface area contributed by atoms with Gasteiger partial charge in [-0.2, -0.15) is 0 Å². The first-order valence-corrected chi connectivity index (χ1v) is 9.38. The van der Waals surface area contributed by atoms with E-state index < -0.39 is 0 Å². The number of hydrogen-bond acceptors (Lipinski definition) is 5. The lowest BCUT2D eigenvalue weighted by atomic mass is 10.2. The normalized spacial score (nSPS) is 17.1. The number of thioether (sulfide) groups is 1. The molecule has 3 rings (SSSR count). The lowest BCUT2D eigenvalue weighted by Gasteiger charge is -2.15. The minimum Gasteiger partial charge on any atom is -0.440 e. The van der Waals surface area contributed by atoms with Crippen molar-refractivity contribution in [1.29, 1.82) is 0 Å². The summed E-state index contributed by atoms with van der Waals surface area (Å²) >= 11 is 7.41. The summed E-state index contributed by atoms with van der Waals surface area (Å²) in [5.74, 6) is 1.95. The van der Waals surface area contributed by atoms with Crippen LogP contribution >= 0.6 is 48.2 Å². The van der Waals surface area contributed by atoms with Gasteiger partial charge in [0.25, 0.3) is 0 Å². The summed E-state index contributed by atoms with van der Waals surface area (Å²) in [6, 6.07) is 7.67. The van der Waals surface area contributed by atoms with Crippen LogP contribution in [-0.4, -0.2) is 35.3 Å². The van der Waals surface area contributed by atoms with Gasteiger partial charge in [0.05, 0.1) is 17.2 Å². The third kappa shape index (κ3) is 6.35. The zero-order valence-electron chi connectivity index (χ0n) is 14.2. The van der Waals surface area contributed by atoms with E-state index in [0.717, 1.165) is 25.1 Å². The third-order valence-corrected chi connectivity index (χ3v) is 5.29. The summed E-state index contributed by atoms with van der Waals surface area (Å²) in [4.78, 5) is 16.4. The van der Waals surface area contributed by atoms with Crippen LogP contribution in [0.5, 0.6) is 0 Å². The Hall–Kier alpha value is -0.920. The van der Waals surface area contributed by atoms with E-state index in [9.17, 15) is 4.79 Å². The van der Waals surface area contributed by atoms with Gasteiger partial charge in [0.1, 0.15) is 0 Å².